The number of hydrogen-bond acceptors (Lipinski definition) is 3. The molecule has 0 aromatic carbocycles. The molecule has 0 spiro atoms. The van der Waals surface area contributed by atoms with Crippen LogP contribution in [-0.2, 0) is 9.53 Å². The molecule has 13 heavy (non-hydrogen) atoms. The smallest absolute Gasteiger partial charge is 0.247 e. The molecule has 0 aliphatic carbocycles. The van der Waals surface area contributed by atoms with Crippen LogP contribution in [0.3, 0.4) is 0 Å². The summed E-state index contributed by atoms with van der Waals surface area (Å²) in [4.78, 5) is 15.1. The van der Waals surface area contributed by atoms with Crippen LogP contribution in [0.15, 0.2) is 4.99 Å². The summed E-state index contributed by atoms with van der Waals surface area (Å²) in [7, 11) is 0. The zero-order valence-corrected chi connectivity index (χ0v) is 7.80. The third kappa shape index (κ3) is 1.58. The Morgan fingerprint density at radius 2 is 2.38 bits per heavy atom. The Balaban J connectivity index is 2.09. The molecule has 1 atom stereocenters. The molecular formula is C9H14N2O2. The number of hydrogen-bond donors (Lipinski definition) is 1. The lowest BCUT2D eigenvalue weighted by Crippen LogP contribution is -2.47. The van der Waals surface area contributed by atoms with Crippen molar-refractivity contribution < 1.29 is 9.53 Å². The van der Waals surface area contributed by atoms with Crippen molar-refractivity contribution in [2.75, 3.05) is 13.2 Å². The second-order valence-electron chi connectivity index (χ2n) is 3.75. The third-order valence-electron chi connectivity index (χ3n) is 2.61. The molecule has 2 aliphatic rings. The molecule has 4 nitrogen and oxygen atoms in total. The van der Waals surface area contributed by atoms with Crippen molar-refractivity contribution in [3.05, 3.63) is 0 Å². The van der Waals surface area contributed by atoms with E-state index in [1.165, 1.54) is 0 Å². The number of nitrogens with one attached hydrogen (secondary N) is 1. The van der Waals surface area contributed by atoms with Gasteiger partial charge in [0.25, 0.3) is 0 Å². The van der Waals surface area contributed by atoms with Crippen LogP contribution in [0.4, 0.5) is 0 Å². The fraction of sp³-hybridized carbons (Fsp3) is 0.778. The minimum absolute atomic E-state index is 0.0228. The molecule has 0 aromatic heterocycles. The summed E-state index contributed by atoms with van der Waals surface area (Å²) in [6.45, 7) is 3.02. The van der Waals surface area contributed by atoms with Crippen molar-refractivity contribution in [1.82, 2.24) is 5.32 Å². The number of aliphatic imine (C=N–C) groups is 1. The van der Waals surface area contributed by atoms with Gasteiger partial charge in [-0.1, -0.05) is 0 Å². The van der Waals surface area contributed by atoms with Gasteiger partial charge in [0.2, 0.25) is 5.91 Å². The van der Waals surface area contributed by atoms with Gasteiger partial charge in [-0.3, -0.25) is 9.79 Å². The van der Waals surface area contributed by atoms with E-state index >= 15 is 0 Å². The van der Waals surface area contributed by atoms with Crippen molar-refractivity contribution in [2.45, 2.75) is 31.8 Å². The number of amidine groups is 1. The van der Waals surface area contributed by atoms with E-state index in [4.69, 9.17) is 4.74 Å². The van der Waals surface area contributed by atoms with Crippen LogP contribution in [0.5, 0.6) is 0 Å². The first-order valence-electron chi connectivity index (χ1n) is 4.69. The second kappa shape index (κ2) is 3.10. The van der Waals surface area contributed by atoms with E-state index in [0.29, 0.717) is 0 Å². The first-order valence-corrected chi connectivity index (χ1v) is 4.69. The summed E-state index contributed by atoms with van der Waals surface area (Å²) in [5.74, 6) is 0.697. The Morgan fingerprint density at radius 1 is 1.54 bits per heavy atom. The van der Waals surface area contributed by atoms with Crippen LogP contribution >= 0.6 is 0 Å². The first-order chi connectivity index (χ1) is 6.21. The summed E-state index contributed by atoms with van der Waals surface area (Å²) in [6.07, 6.45) is 3.20. The van der Waals surface area contributed by atoms with Crippen molar-refractivity contribution in [3.8, 4) is 0 Å². The number of nitrogens with zero attached hydrogens (tertiary/aromatic N) is 1. The third-order valence-corrected chi connectivity index (χ3v) is 2.61. The van der Waals surface area contributed by atoms with E-state index in [2.05, 4.69) is 10.3 Å². The topological polar surface area (TPSA) is 50.7 Å². The molecule has 72 valence electrons. The number of ether oxygens (including phenoxy) is 1. The highest BCUT2D eigenvalue weighted by Crippen LogP contribution is 2.26. The van der Waals surface area contributed by atoms with E-state index in [9.17, 15) is 4.79 Å². The van der Waals surface area contributed by atoms with E-state index in [-0.39, 0.29) is 18.1 Å². The first kappa shape index (κ1) is 8.69. The Kier molecular flexibility index (Phi) is 2.07. The van der Waals surface area contributed by atoms with Crippen molar-refractivity contribution in [2.24, 2.45) is 4.99 Å². The SMILES string of the molecule is CC1(C2=NCC(=O)N2)CCCCO1. The lowest BCUT2D eigenvalue weighted by molar-refractivity contribution is -0.117. The zero-order valence-electron chi connectivity index (χ0n) is 7.80. The Morgan fingerprint density at radius 3 is 2.92 bits per heavy atom. The fourth-order valence-corrected chi connectivity index (χ4v) is 1.78. The minimum atomic E-state index is -0.343. The molecule has 2 heterocycles. The molecule has 0 radical (unpaired) electrons. The highest BCUT2D eigenvalue weighted by molar-refractivity contribution is 6.07. The molecule has 1 N–H and O–H groups in total. The number of rotatable bonds is 1. The summed E-state index contributed by atoms with van der Waals surface area (Å²) in [5.41, 5.74) is -0.343. The van der Waals surface area contributed by atoms with Gasteiger partial charge in [0.05, 0.1) is 0 Å². The van der Waals surface area contributed by atoms with Crippen molar-refractivity contribution in [1.29, 1.82) is 0 Å². The van der Waals surface area contributed by atoms with Gasteiger partial charge in [0.15, 0.2) is 0 Å². The molecule has 2 aliphatic heterocycles. The molecule has 2 rings (SSSR count). The van der Waals surface area contributed by atoms with Gasteiger partial charge in [0, 0.05) is 6.61 Å². The van der Waals surface area contributed by atoms with Gasteiger partial charge < -0.3 is 10.1 Å². The van der Waals surface area contributed by atoms with Gasteiger partial charge >= 0.3 is 0 Å². The predicted molar refractivity (Wildman–Crippen MR) is 48.7 cm³/mol. The maximum Gasteiger partial charge on any atom is 0.247 e. The lowest BCUT2D eigenvalue weighted by atomic mass is 9.95. The number of amides is 1. The summed E-state index contributed by atoms with van der Waals surface area (Å²) in [6, 6.07) is 0. The maximum atomic E-state index is 11.0. The molecule has 4 heteroatoms. The van der Waals surface area contributed by atoms with Gasteiger partial charge in [-0.15, -0.1) is 0 Å². The second-order valence-corrected chi connectivity index (χ2v) is 3.75. The Bertz CT molecular complexity index is 254. The van der Waals surface area contributed by atoms with E-state index in [1.54, 1.807) is 0 Å². The van der Waals surface area contributed by atoms with Gasteiger partial charge in [-0.05, 0) is 26.2 Å². The minimum Gasteiger partial charge on any atom is -0.367 e. The van der Waals surface area contributed by atoms with Gasteiger partial charge in [0.1, 0.15) is 18.0 Å². The highest BCUT2D eigenvalue weighted by atomic mass is 16.5. The largest absolute Gasteiger partial charge is 0.367 e. The average molecular weight is 182 g/mol. The van der Waals surface area contributed by atoms with Gasteiger partial charge in [-0.2, -0.15) is 0 Å². The standard InChI is InChI=1S/C9H14N2O2/c1-9(4-2-3-5-13-9)8-10-6-7(12)11-8/h2-6H2,1H3,(H,10,11,12). The predicted octanol–water partition coefficient (Wildman–Crippen LogP) is 0.474. The van der Waals surface area contributed by atoms with Crippen molar-refractivity contribution >= 4 is 11.7 Å². The average Bonchev–Trinajstić information content (AvgIpc) is 2.54. The van der Waals surface area contributed by atoms with E-state index in [0.717, 1.165) is 31.7 Å². The molecule has 1 unspecified atom stereocenters. The Hall–Kier alpha value is -0.900. The van der Waals surface area contributed by atoms with Crippen LogP contribution in [0.2, 0.25) is 0 Å². The molecule has 0 saturated carbocycles. The molecule has 1 saturated heterocycles. The summed E-state index contributed by atoms with van der Waals surface area (Å²) >= 11 is 0. The number of carbonyl (C=O) groups is 1. The zero-order chi connectivity index (χ0) is 9.31. The fourth-order valence-electron chi connectivity index (χ4n) is 1.78. The quantitative estimate of drug-likeness (QED) is 0.641. The van der Waals surface area contributed by atoms with Crippen LogP contribution < -0.4 is 5.32 Å². The molecule has 1 fully saturated rings. The maximum absolute atomic E-state index is 11.0. The van der Waals surface area contributed by atoms with Crippen LogP contribution in [0, 0.1) is 0 Å². The summed E-state index contributed by atoms with van der Waals surface area (Å²) < 4.78 is 5.65. The molecular weight excluding hydrogens is 168 g/mol. The molecule has 1 amide bonds. The van der Waals surface area contributed by atoms with E-state index in [1.807, 2.05) is 6.92 Å². The van der Waals surface area contributed by atoms with Crippen LogP contribution in [0.25, 0.3) is 0 Å². The molecule has 0 aromatic rings. The summed E-state index contributed by atoms with van der Waals surface area (Å²) in [5, 5.41) is 2.75. The normalized spacial score (nSPS) is 34.2. The van der Waals surface area contributed by atoms with E-state index < -0.39 is 0 Å². The lowest BCUT2D eigenvalue weighted by Gasteiger charge is -2.33. The van der Waals surface area contributed by atoms with Crippen molar-refractivity contribution in [3.63, 3.8) is 0 Å². The Labute approximate surface area is 77.4 Å². The highest BCUT2D eigenvalue weighted by Gasteiger charge is 2.36. The molecule has 0 bridgehead atoms. The monoisotopic (exact) mass is 182 g/mol. The van der Waals surface area contributed by atoms with Crippen LogP contribution in [0.1, 0.15) is 26.2 Å². The number of carbonyl (C=O) groups excluding carboxylic acids is 1. The van der Waals surface area contributed by atoms with Gasteiger partial charge in [-0.25, -0.2) is 0 Å². The van der Waals surface area contributed by atoms with Crippen LogP contribution in [-0.4, -0.2) is 30.5 Å².